The molecule has 2 aromatic rings. The molecule has 0 spiro atoms. The summed E-state index contributed by atoms with van der Waals surface area (Å²) in [7, 11) is 0. The monoisotopic (exact) mass is 243 g/mol. The van der Waals surface area contributed by atoms with E-state index in [-0.39, 0.29) is 5.95 Å². The van der Waals surface area contributed by atoms with Gasteiger partial charge in [-0.3, -0.25) is 0 Å². The number of nitrogens with one attached hydrogen (secondary N) is 1. The normalized spacial score (nSPS) is 10.3. The summed E-state index contributed by atoms with van der Waals surface area (Å²) in [5.41, 5.74) is 13.4. The van der Waals surface area contributed by atoms with E-state index in [4.69, 9.17) is 11.5 Å². The molecule has 1 aromatic heterocycles. The predicted octanol–water partition coefficient (Wildman–Crippen LogP) is 2.34. The molecule has 5 nitrogen and oxygen atoms in total. The lowest BCUT2D eigenvalue weighted by Crippen LogP contribution is -2.02. The highest BCUT2D eigenvalue weighted by molar-refractivity contribution is 5.60. The molecular formula is C13H17N5. The van der Waals surface area contributed by atoms with Gasteiger partial charge in [0.05, 0.1) is 0 Å². The molecule has 1 aromatic carbocycles. The highest BCUT2D eigenvalue weighted by atomic mass is 15.1. The zero-order valence-corrected chi connectivity index (χ0v) is 10.4. The molecule has 0 atom stereocenters. The van der Waals surface area contributed by atoms with Crippen LogP contribution in [0.15, 0.2) is 30.3 Å². The zero-order valence-electron chi connectivity index (χ0n) is 10.4. The van der Waals surface area contributed by atoms with Crippen LogP contribution in [0, 0.1) is 0 Å². The van der Waals surface area contributed by atoms with Crippen LogP contribution in [-0.2, 0) is 6.42 Å². The topological polar surface area (TPSA) is 89.8 Å². The molecule has 0 aliphatic carbocycles. The third-order valence-corrected chi connectivity index (χ3v) is 2.53. The van der Waals surface area contributed by atoms with Crippen LogP contribution in [0.1, 0.15) is 18.9 Å². The Bertz CT molecular complexity index is 501. The van der Waals surface area contributed by atoms with Crippen molar-refractivity contribution in [2.24, 2.45) is 0 Å². The van der Waals surface area contributed by atoms with Crippen LogP contribution in [0.2, 0.25) is 0 Å². The molecule has 5 heteroatoms. The van der Waals surface area contributed by atoms with Gasteiger partial charge in [0.1, 0.15) is 11.6 Å². The molecule has 0 bridgehead atoms. The maximum atomic E-state index is 5.61. The summed E-state index contributed by atoms with van der Waals surface area (Å²) >= 11 is 0. The minimum atomic E-state index is 0.167. The Morgan fingerprint density at radius 3 is 2.44 bits per heavy atom. The SMILES string of the molecule is CCCc1ccc(Nc2cc(N)nc(N)n2)cc1. The number of hydrogen-bond donors (Lipinski definition) is 3. The zero-order chi connectivity index (χ0) is 13.0. The molecule has 0 unspecified atom stereocenters. The first kappa shape index (κ1) is 12.2. The molecule has 0 saturated carbocycles. The van der Waals surface area contributed by atoms with Crippen molar-refractivity contribution < 1.29 is 0 Å². The smallest absolute Gasteiger partial charge is 0.223 e. The minimum Gasteiger partial charge on any atom is -0.383 e. The van der Waals surface area contributed by atoms with Crippen LogP contribution >= 0.6 is 0 Å². The number of nitrogen functional groups attached to an aromatic ring is 2. The summed E-state index contributed by atoms with van der Waals surface area (Å²) in [6.45, 7) is 2.17. The van der Waals surface area contributed by atoms with Gasteiger partial charge in [0, 0.05) is 11.8 Å². The van der Waals surface area contributed by atoms with Crippen LogP contribution in [0.25, 0.3) is 0 Å². The van der Waals surface area contributed by atoms with Crippen LogP contribution in [0.5, 0.6) is 0 Å². The Morgan fingerprint density at radius 2 is 1.83 bits per heavy atom. The van der Waals surface area contributed by atoms with Gasteiger partial charge in [0.25, 0.3) is 0 Å². The molecule has 0 radical (unpaired) electrons. The summed E-state index contributed by atoms with van der Waals surface area (Å²) in [6.07, 6.45) is 2.24. The Hall–Kier alpha value is -2.30. The van der Waals surface area contributed by atoms with Gasteiger partial charge in [-0.15, -0.1) is 0 Å². The molecule has 0 aliphatic rings. The molecule has 0 aliphatic heterocycles. The molecule has 0 fully saturated rings. The molecule has 1 heterocycles. The second-order valence-corrected chi connectivity index (χ2v) is 4.11. The molecule has 2 rings (SSSR count). The van der Waals surface area contributed by atoms with E-state index in [1.807, 2.05) is 12.1 Å². The minimum absolute atomic E-state index is 0.167. The van der Waals surface area contributed by atoms with Crippen LogP contribution < -0.4 is 16.8 Å². The number of hydrogen-bond acceptors (Lipinski definition) is 5. The standard InChI is InChI=1S/C13H17N5/c1-2-3-9-4-6-10(7-5-9)16-12-8-11(14)17-13(15)18-12/h4-8H,2-3H2,1H3,(H5,14,15,16,17,18). The van der Waals surface area contributed by atoms with Crippen molar-refractivity contribution in [3.63, 3.8) is 0 Å². The molecule has 94 valence electrons. The second-order valence-electron chi connectivity index (χ2n) is 4.11. The van der Waals surface area contributed by atoms with Crippen LogP contribution in [-0.4, -0.2) is 9.97 Å². The highest BCUT2D eigenvalue weighted by Gasteiger charge is 2.00. The van der Waals surface area contributed by atoms with Crippen LogP contribution in [0.4, 0.5) is 23.3 Å². The number of anilines is 4. The number of aryl methyl sites for hydroxylation is 1. The van der Waals surface area contributed by atoms with Gasteiger partial charge in [0.2, 0.25) is 5.95 Å². The van der Waals surface area contributed by atoms with Crippen molar-refractivity contribution >= 4 is 23.3 Å². The largest absolute Gasteiger partial charge is 0.383 e. The molecule has 5 N–H and O–H groups in total. The van der Waals surface area contributed by atoms with E-state index >= 15 is 0 Å². The summed E-state index contributed by atoms with van der Waals surface area (Å²) in [5, 5.41) is 3.14. The van der Waals surface area contributed by atoms with Crippen molar-refractivity contribution in [1.82, 2.24) is 9.97 Å². The van der Waals surface area contributed by atoms with E-state index in [9.17, 15) is 0 Å². The number of nitrogens with two attached hydrogens (primary N) is 2. The van der Waals surface area contributed by atoms with E-state index < -0.39 is 0 Å². The molecular weight excluding hydrogens is 226 g/mol. The third-order valence-electron chi connectivity index (χ3n) is 2.53. The van der Waals surface area contributed by atoms with E-state index in [0.717, 1.165) is 18.5 Å². The maximum Gasteiger partial charge on any atom is 0.223 e. The van der Waals surface area contributed by atoms with Gasteiger partial charge >= 0.3 is 0 Å². The lowest BCUT2D eigenvalue weighted by Gasteiger charge is -2.07. The van der Waals surface area contributed by atoms with E-state index in [1.165, 1.54) is 5.56 Å². The Labute approximate surface area is 106 Å². The third kappa shape index (κ3) is 3.10. The van der Waals surface area contributed by atoms with Gasteiger partial charge in [-0.2, -0.15) is 9.97 Å². The van der Waals surface area contributed by atoms with Crippen molar-refractivity contribution in [2.75, 3.05) is 16.8 Å². The maximum absolute atomic E-state index is 5.61. The first-order valence-corrected chi connectivity index (χ1v) is 5.93. The summed E-state index contributed by atoms with van der Waals surface area (Å²) < 4.78 is 0. The molecule has 0 saturated heterocycles. The average molecular weight is 243 g/mol. The van der Waals surface area contributed by atoms with Crippen molar-refractivity contribution in [3.8, 4) is 0 Å². The molecule has 0 amide bonds. The van der Waals surface area contributed by atoms with Gasteiger partial charge in [-0.05, 0) is 24.1 Å². The fourth-order valence-electron chi connectivity index (χ4n) is 1.74. The van der Waals surface area contributed by atoms with Gasteiger partial charge in [-0.1, -0.05) is 25.5 Å². The fourth-order valence-corrected chi connectivity index (χ4v) is 1.74. The summed E-state index contributed by atoms with van der Waals surface area (Å²) in [4.78, 5) is 7.88. The number of benzene rings is 1. The first-order valence-electron chi connectivity index (χ1n) is 5.93. The van der Waals surface area contributed by atoms with Crippen LogP contribution in [0.3, 0.4) is 0 Å². The average Bonchev–Trinajstić information content (AvgIpc) is 2.31. The quantitative estimate of drug-likeness (QED) is 0.766. The Kier molecular flexibility index (Phi) is 3.62. The number of aromatic nitrogens is 2. The fraction of sp³-hybridized carbons (Fsp3) is 0.231. The second kappa shape index (κ2) is 5.35. The van der Waals surface area contributed by atoms with E-state index in [1.54, 1.807) is 6.07 Å². The summed E-state index contributed by atoms with van der Waals surface area (Å²) in [5.74, 6) is 1.12. The molecule has 18 heavy (non-hydrogen) atoms. The van der Waals surface area contributed by atoms with E-state index in [2.05, 4.69) is 34.3 Å². The van der Waals surface area contributed by atoms with Crippen molar-refractivity contribution in [3.05, 3.63) is 35.9 Å². The van der Waals surface area contributed by atoms with Gasteiger partial charge in [-0.25, -0.2) is 0 Å². The Balaban J connectivity index is 2.13. The first-order chi connectivity index (χ1) is 8.67. The number of nitrogens with zero attached hydrogens (tertiary/aromatic N) is 2. The van der Waals surface area contributed by atoms with Gasteiger partial charge in [0.15, 0.2) is 0 Å². The lowest BCUT2D eigenvalue weighted by molar-refractivity contribution is 0.922. The van der Waals surface area contributed by atoms with Crippen molar-refractivity contribution in [2.45, 2.75) is 19.8 Å². The predicted molar refractivity (Wildman–Crippen MR) is 74.6 cm³/mol. The number of rotatable bonds is 4. The van der Waals surface area contributed by atoms with E-state index in [0.29, 0.717) is 11.6 Å². The highest BCUT2D eigenvalue weighted by Crippen LogP contribution is 2.17. The lowest BCUT2D eigenvalue weighted by atomic mass is 10.1. The summed E-state index contributed by atoms with van der Waals surface area (Å²) in [6, 6.07) is 9.87. The Morgan fingerprint density at radius 1 is 1.11 bits per heavy atom. The van der Waals surface area contributed by atoms with Crippen molar-refractivity contribution in [1.29, 1.82) is 0 Å². The van der Waals surface area contributed by atoms with Gasteiger partial charge < -0.3 is 16.8 Å².